The Morgan fingerprint density at radius 1 is 1.39 bits per heavy atom. The van der Waals surface area contributed by atoms with E-state index in [-0.39, 0.29) is 5.41 Å². The van der Waals surface area contributed by atoms with E-state index in [0.29, 0.717) is 0 Å². The Hall–Kier alpha value is -0.930. The average molecular weight is 247 g/mol. The molecule has 0 bridgehead atoms. The largest absolute Gasteiger partial charge is 0.316 e. The minimum Gasteiger partial charge on any atom is -0.316 e. The maximum absolute atomic E-state index is 4.08. The minimum absolute atomic E-state index is 0.173. The van der Waals surface area contributed by atoms with Crippen LogP contribution in [0.25, 0.3) is 0 Å². The predicted molar refractivity (Wildman–Crippen MR) is 75.8 cm³/mol. The predicted octanol–water partition coefficient (Wildman–Crippen LogP) is 2.09. The molecule has 3 heteroatoms. The van der Waals surface area contributed by atoms with Crippen LogP contribution in [-0.4, -0.2) is 30.7 Å². The van der Waals surface area contributed by atoms with Crippen molar-refractivity contribution in [3.05, 3.63) is 30.1 Å². The van der Waals surface area contributed by atoms with Gasteiger partial charge < -0.3 is 10.6 Å². The van der Waals surface area contributed by atoms with Crippen molar-refractivity contribution >= 4 is 0 Å². The van der Waals surface area contributed by atoms with Gasteiger partial charge in [0.25, 0.3) is 0 Å². The second-order valence-corrected chi connectivity index (χ2v) is 5.88. The monoisotopic (exact) mass is 247 g/mol. The van der Waals surface area contributed by atoms with Crippen LogP contribution in [0.3, 0.4) is 0 Å². The zero-order chi connectivity index (χ0) is 12.8. The molecule has 100 valence electrons. The summed E-state index contributed by atoms with van der Waals surface area (Å²) in [4.78, 5) is 4.08. The maximum atomic E-state index is 4.08. The first-order chi connectivity index (χ1) is 8.68. The molecule has 1 fully saturated rings. The topological polar surface area (TPSA) is 37.0 Å². The number of nitrogens with zero attached hydrogens (tertiary/aromatic N) is 1. The van der Waals surface area contributed by atoms with Gasteiger partial charge in [0.1, 0.15) is 0 Å². The Morgan fingerprint density at radius 2 is 2.17 bits per heavy atom. The van der Waals surface area contributed by atoms with E-state index >= 15 is 0 Å². The van der Waals surface area contributed by atoms with Gasteiger partial charge in [0.15, 0.2) is 0 Å². The standard InChI is InChI=1S/C15H25N3/c1-15(2,13-5-9-16-10-6-13)12-17-11-7-14-4-3-8-18-14/h5-6,9-10,14,17-18H,3-4,7-8,11-12H2,1-2H3. The van der Waals surface area contributed by atoms with Gasteiger partial charge in [-0.2, -0.15) is 0 Å². The molecule has 1 aromatic heterocycles. The van der Waals surface area contributed by atoms with E-state index < -0.39 is 0 Å². The van der Waals surface area contributed by atoms with E-state index in [1.54, 1.807) is 0 Å². The highest BCUT2D eigenvalue weighted by molar-refractivity contribution is 5.20. The lowest BCUT2D eigenvalue weighted by Crippen LogP contribution is -2.35. The Labute approximate surface area is 110 Å². The maximum Gasteiger partial charge on any atom is 0.0270 e. The van der Waals surface area contributed by atoms with Crippen LogP contribution in [-0.2, 0) is 5.41 Å². The van der Waals surface area contributed by atoms with Crippen molar-refractivity contribution in [3.8, 4) is 0 Å². The molecular formula is C15H25N3. The molecule has 1 unspecified atom stereocenters. The molecule has 1 atom stereocenters. The van der Waals surface area contributed by atoms with E-state index in [2.05, 4.69) is 41.6 Å². The summed E-state index contributed by atoms with van der Waals surface area (Å²) in [6.07, 6.45) is 7.67. The summed E-state index contributed by atoms with van der Waals surface area (Å²) in [6.45, 7) is 7.88. The Bertz CT molecular complexity index is 342. The molecule has 0 spiro atoms. The van der Waals surface area contributed by atoms with Crippen molar-refractivity contribution in [2.45, 2.75) is 44.6 Å². The van der Waals surface area contributed by atoms with Crippen molar-refractivity contribution in [1.29, 1.82) is 0 Å². The summed E-state index contributed by atoms with van der Waals surface area (Å²) in [5.41, 5.74) is 1.52. The number of aromatic nitrogens is 1. The van der Waals surface area contributed by atoms with Crippen LogP contribution in [0.5, 0.6) is 0 Å². The van der Waals surface area contributed by atoms with E-state index in [1.165, 1.54) is 31.4 Å². The van der Waals surface area contributed by atoms with E-state index in [0.717, 1.165) is 19.1 Å². The molecule has 1 aliphatic heterocycles. The molecule has 1 saturated heterocycles. The fraction of sp³-hybridized carbons (Fsp3) is 0.667. The zero-order valence-corrected chi connectivity index (χ0v) is 11.6. The summed E-state index contributed by atoms with van der Waals surface area (Å²) in [7, 11) is 0. The third kappa shape index (κ3) is 3.79. The smallest absolute Gasteiger partial charge is 0.0270 e. The second kappa shape index (κ2) is 6.30. The van der Waals surface area contributed by atoms with Crippen LogP contribution < -0.4 is 10.6 Å². The number of nitrogens with one attached hydrogen (secondary N) is 2. The Balaban J connectivity index is 1.71. The molecule has 0 amide bonds. The van der Waals surface area contributed by atoms with Crippen molar-refractivity contribution < 1.29 is 0 Å². The van der Waals surface area contributed by atoms with Crippen LogP contribution in [0.4, 0.5) is 0 Å². The zero-order valence-electron chi connectivity index (χ0n) is 11.6. The van der Waals surface area contributed by atoms with Gasteiger partial charge in [-0.3, -0.25) is 4.98 Å². The quantitative estimate of drug-likeness (QED) is 0.756. The molecule has 1 aliphatic rings. The van der Waals surface area contributed by atoms with Gasteiger partial charge in [0, 0.05) is 30.4 Å². The minimum atomic E-state index is 0.173. The normalized spacial score (nSPS) is 20.2. The fourth-order valence-corrected chi connectivity index (χ4v) is 2.59. The van der Waals surface area contributed by atoms with Crippen molar-refractivity contribution in [3.63, 3.8) is 0 Å². The van der Waals surface area contributed by atoms with E-state index in [9.17, 15) is 0 Å². The molecule has 2 heterocycles. The van der Waals surface area contributed by atoms with Crippen LogP contribution in [0, 0.1) is 0 Å². The highest BCUT2D eigenvalue weighted by Crippen LogP contribution is 2.21. The molecule has 0 radical (unpaired) electrons. The SMILES string of the molecule is CC(C)(CNCCC1CCCN1)c1ccncc1. The van der Waals surface area contributed by atoms with Gasteiger partial charge in [-0.1, -0.05) is 13.8 Å². The lowest BCUT2D eigenvalue weighted by Gasteiger charge is -2.26. The Morgan fingerprint density at radius 3 is 2.83 bits per heavy atom. The first-order valence-electron chi connectivity index (χ1n) is 7.03. The molecule has 0 aromatic carbocycles. The molecule has 0 saturated carbocycles. The van der Waals surface area contributed by atoms with E-state index in [1.807, 2.05) is 12.4 Å². The van der Waals surface area contributed by atoms with Gasteiger partial charge in [-0.05, 0) is 50.0 Å². The first-order valence-corrected chi connectivity index (χ1v) is 7.03. The van der Waals surface area contributed by atoms with Gasteiger partial charge in [-0.25, -0.2) is 0 Å². The van der Waals surface area contributed by atoms with Crippen molar-refractivity contribution in [2.24, 2.45) is 0 Å². The van der Waals surface area contributed by atoms with Crippen molar-refractivity contribution in [1.82, 2.24) is 15.6 Å². The summed E-state index contributed by atoms with van der Waals surface area (Å²) in [5.74, 6) is 0. The summed E-state index contributed by atoms with van der Waals surface area (Å²) in [6, 6.07) is 4.96. The molecular weight excluding hydrogens is 222 g/mol. The highest BCUT2D eigenvalue weighted by atomic mass is 15.0. The van der Waals surface area contributed by atoms with Gasteiger partial charge in [0.05, 0.1) is 0 Å². The number of pyridine rings is 1. The van der Waals surface area contributed by atoms with Gasteiger partial charge >= 0.3 is 0 Å². The molecule has 3 nitrogen and oxygen atoms in total. The lowest BCUT2D eigenvalue weighted by atomic mass is 9.85. The van der Waals surface area contributed by atoms with Crippen LogP contribution in [0.1, 0.15) is 38.7 Å². The van der Waals surface area contributed by atoms with Gasteiger partial charge in [-0.15, -0.1) is 0 Å². The number of hydrogen-bond acceptors (Lipinski definition) is 3. The third-order valence-electron chi connectivity index (χ3n) is 3.86. The Kier molecular flexibility index (Phi) is 4.72. The second-order valence-electron chi connectivity index (χ2n) is 5.88. The first kappa shape index (κ1) is 13.5. The molecule has 0 aliphatic carbocycles. The summed E-state index contributed by atoms with van der Waals surface area (Å²) in [5, 5.41) is 7.13. The van der Waals surface area contributed by atoms with Crippen molar-refractivity contribution in [2.75, 3.05) is 19.6 Å². The summed E-state index contributed by atoms with van der Waals surface area (Å²) >= 11 is 0. The average Bonchev–Trinajstić information content (AvgIpc) is 2.89. The fourth-order valence-electron chi connectivity index (χ4n) is 2.59. The highest BCUT2D eigenvalue weighted by Gasteiger charge is 2.20. The number of hydrogen-bond donors (Lipinski definition) is 2. The van der Waals surface area contributed by atoms with E-state index in [4.69, 9.17) is 0 Å². The molecule has 2 rings (SSSR count). The van der Waals surface area contributed by atoms with Crippen LogP contribution in [0.2, 0.25) is 0 Å². The third-order valence-corrected chi connectivity index (χ3v) is 3.86. The van der Waals surface area contributed by atoms with Gasteiger partial charge in [0.2, 0.25) is 0 Å². The molecule has 1 aromatic rings. The van der Waals surface area contributed by atoms with Crippen LogP contribution >= 0.6 is 0 Å². The summed E-state index contributed by atoms with van der Waals surface area (Å²) < 4.78 is 0. The molecule has 18 heavy (non-hydrogen) atoms. The molecule has 2 N–H and O–H groups in total. The lowest BCUT2D eigenvalue weighted by molar-refractivity contribution is 0.446. The van der Waals surface area contributed by atoms with Crippen LogP contribution in [0.15, 0.2) is 24.5 Å². The number of rotatable bonds is 6.